The third-order valence-corrected chi connectivity index (χ3v) is 3.96. The molecule has 2 aromatic carbocycles. The Morgan fingerprint density at radius 1 is 1.00 bits per heavy atom. The standard InChI is InChI=1S/C18H17NO4/c1-12(19(2)18(21)13-6-4-3-5-7-13)17(20)14-8-9-15-16(10-14)23-11-22-15/h3-10,12H,11H2,1-2H3. The highest BCUT2D eigenvalue weighted by atomic mass is 16.7. The minimum absolute atomic E-state index is 0.143. The predicted octanol–water partition coefficient (Wildman–Crippen LogP) is 2.76. The second-order valence-electron chi connectivity index (χ2n) is 5.39. The largest absolute Gasteiger partial charge is 0.454 e. The van der Waals surface area contributed by atoms with Crippen LogP contribution in [0.2, 0.25) is 0 Å². The predicted molar refractivity (Wildman–Crippen MR) is 84.9 cm³/mol. The molecule has 1 atom stereocenters. The molecule has 5 heteroatoms. The number of benzene rings is 2. The number of rotatable bonds is 4. The number of amides is 1. The van der Waals surface area contributed by atoms with E-state index in [4.69, 9.17) is 9.47 Å². The average Bonchev–Trinajstić information content (AvgIpc) is 3.07. The number of Topliss-reactive ketones (excluding diaryl/α,β-unsaturated/α-hetero) is 1. The molecule has 0 fully saturated rings. The van der Waals surface area contributed by atoms with Gasteiger partial charge in [0.05, 0.1) is 6.04 Å². The average molecular weight is 311 g/mol. The Labute approximate surface area is 134 Å². The van der Waals surface area contributed by atoms with Crippen LogP contribution in [0.4, 0.5) is 0 Å². The van der Waals surface area contributed by atoms with Crippen molar-refractivity contribution in [2.75, 3.05) is 13.8 Å². The Morgan fingerprint density at radius 3 is 2.43 bits per heavy atom. The fraction of sp³-hybridized carbons (Fsp3) is 0.222. The van der Waals surface area contributed by atoms with E-state index in [9.17, 15) is 9.59 Å². The van der Waals surface area contributed by atoms with E-state index in [1.807, 2.05) is 6.07 Å². The zero-order valence-corrected chi connectivity index (χ0v) is 13.0. The molecule has 0 aliphatic carbocycles. The van der Waals surface area contributed by atoms with Crippen molar-refractivity contribution in [3.63, 3.8) is 0 Å². The second-order valence-corrected chi connectivity index (χ2v) is 5.39. The smallest absolute Gasteiger partial charge is 0.254 e. The molecule has 2 aromatic rings. The fourth-order valence-electron chi connectivity index (χ4n) is 2.43. The van der Waals surface area contributed by atoms with Crippen LogP contribution in [0, 0.1) is 0 Å². The molecular formula is C18H17NO4. The second kappa shape index (κ2) is 6.12. The molecule has 0 radical (unpaired) electrons. The molecule has 3 rings (SSSR count). The first-order valence-corrected chi connectivity index (χ1v) is 7.34. The van der Waals surface area contributed by atoms with Crippen LogP contribution in [0.3, 0.4) is 0 Å². The van der Waals surface area contributed by atoms with Gasteiger partial charge in [0.15, 0.2) is 17.3 Å². The van der Waals surface area contributed by atoms with E-state index in [0.717, 1.165) is 0 Å². The van der Waals surface area contributed by atoms with E-state index in [1.54, 1.807) is 56.4 Å². The van der Waals surface area contributed by atoms with Crippen molar-refractivity contribution < 1.29 is 19.1 Å². The quantitative estimate of drug-likeness (QED) is 0.815. The number of carbonyl (C=O) groups is 2. The molecular weight excluding hydrogens is 294 g/mol. The first-order chi connectivity index (χ1) is 11.1. The number of nitrogens with zero attached hydrogens (tertiary/aromatic N) is 1. The monoisotopic (exact) mass is 311 g/mol. The normalized spacial score (nSPS) is 13.5. The van der Waals surface area contributed by atoms with Crippen LogP contribution < -0.4 is 9.47 Å². The van der Waals surface area contributed by atoms with Crippen LogP contribution in [0.15, 0.2) is 48.5 Å². The van der Waals surface area contributed by atoms with Crippen molar-refractivity contribution in [1.82, 2.24) is 4.90 Å². The molecule has 0 N–H and O–H groups in total. The highest BCUT2D eigenvalue weighted by Gasteiger charge is 2.25. The molecule has 1 heterocycles. The van der Waals surface area contributed by atoms with Crippen molar-refractivity contribution in [2.45, 2.75) is 13.0 Å². The van der Waals surface area contributed by atoms with Gasteiger partial charge in [0, 0.05) is 18.2 Å². The van der Waals surface area contributed by atoms with E-state index in [2.05, 4.69) is 0 Å². The lowest BCUT2D eigenvalue weighted by Gasteiger charge is -2.24. The molecule has 5 nitrogen and oxygen atoms in total. The molecule has 1 aliphatic rings. The maximum absolute atomic E-state index is 12.6. The first-order valence-electron chi connectivity index (χ1n) is 7.34. The lowest BCUT2D eigenvalue weighted by Crippen LogP contribution is -2.40. The van der Waals surface area contributed by atoms with Gasteiger partial charge >= 0.3 is 0 Å². The summed E-state index contributed by atoms with van der Waals surface area (Å²) in [6, 6.07) is 13.4. The fourth-order valence-corrected chi connectivity index (χ4v) is 2.43. The van der Waals surface area contributed by atoms with Gasteiger partial charge in [-0.15, -0.1) is 0 Å². The van der Waals surface area contributed by atoms with Gasteiger partial charge in [0.1, 0.15) is 0 Å². The summed E-state index contributed by atoms with van der Waals surface area (Å²) in [4.78, 5) is 26.5. The van der Waals surface area contributed by atoms with E-state index in [0.29, 0.717) is 22.6 Å². The Hall–Kier alpha value is -2.82. The van der Waals surface area contributed by atoms with E-state index in [1.165, 1.54) is 4.90 Å². The Kier molecular flexibility index (Phi) is 4.02. The summed E-state index contributed by atoms with van der Waals surface area (Å²) in [6.07, 6.45) is 0. The number of hydrogen-bond donors (Lipinski definition) is 0. The van der Waals surface area contributed by atoms with Crippen molar-refractivity contribution in [3.05, 3.63) is 59.7 Å². The van der Waals surface area contributed by atoms with Gasteiger partial charge in [0.2, 0.25) is 6.79 Å². The molecule has 1 unspecified atom stereocenters. The Balaban J connectivity index is 1.78. The minimum Gasteiger partial charge on any atom is -0.454 e. The zero-order valence-electron chi connectivity index (χ0n) is 13.0. The van der Waals surface area contributed by atoms with Crippen molar-refractivity contribution in [3.8, 4) is 11.5 Å². The summed E-state index contributed by atoms with van der Waals surface area (Å²) in [5.41, 5.74) is 1.05. The first kappa shape index (κ1) is 15.1. The lowest BCUT2D eigenvalue weighted by molar-refractivity contribution is 0.0675. The maximum atomic E-state index is 12.6. The summed E-state index contributed by atoms with van der Waals surface area (Å²) >= 11 is 0. The van der Waals surface area contributed by atoms with Crippen LogP contribution in [-0.4, -0.2) is 36.5 Å². The highest BCUT2D eigenvalue weighted by Crippen LogP contribution is 2.33. The topological polar surface area (TPSA) is 55.8 Å². The zero-order chi connectivity index (χ0) is 16.4. The van der Waals surface area contributed by atoms with Crippen LogP contribution >= 0.6 is 0 Å². The number of ether oxygens (including phenoxy) is 2. The Bertz CT molecular complexity index is 742. The van der Waals surface area contributed by atoms with Crippen LogP contribution in [0.1, 0.15) is 27.6 Å². The summed E-state index contributed by atoms with van der Waals surface area (Å²) in [5.74, 6) is 0.852. The molecule has 1 amide bonds. The van der Waals surface area contributed by atoms with Gasteiger partial charge in [-0.3, -0.25) is 9.59 Å². The van der Waals surface area contributed by atoms with E-state index in [-0.39, 0.29) is 18.5 Å². The van der Waals surface area contributed by atoms with Gasteiger partial charge < -0.3 is 14.4 Å². The van der Waals surface area contributed by atoms with Crippen LogP contribution in [-0.2, 0) is 0 Å². The third kappa shape index (κ3) is 2.90. The number of fused-ring (bicyclic) bond motifs is 1. The summed E-state index contributed by atoms with van der Waals surface area (Å²) < 4.78 is 10.5. The lowest BCUT2D eigenvalue weighted by atomic mass is 10.0. The van der Waals surface area contributed by atoms with E-state index < -0.39 is 6.04 Å². The number of carbonyl (C=O) groups excluding carboxylic acids is 2. The number of hydrogen-bond acceptors (Lipinski definition) is 4. The van der Waals surface area contributed by atoms with Crippen molar-refractivity contribution in [1.29, 1.82) is 0 Å². The van der Waals surface area contributed by atoms with Gasteiger partial charge in [-0.25, -0.2) is 0 Å². The molecule has 0 aromatic heterocycles. The molecule has 0 spiro atoms. The summed E-state index contributed by atoms with van der Waals surface area (Å²) in [5, 5.41) is 0. The van der Waals surface area contributed by atoms with Crippen molar-refractivity contribution in [2.24, 2.45) is 0 Å². The van der Waals surface area contributed by atoms with Crippen LogP contribution in [0.25, 0.3) is 0 Å². The number of likely N-dealkylation sites (N-methyl/N-ethyl adjacent to an activating group) is 1. The SMILES string of the molecule is CC(C(=O)c1ccc2c(c1)OCO2)N(C)C(=O)c1ccccc1. The Morgan fingerprint density at radius 2 is 1.70 bits per heavy atom. The molecule has 0 saturated heterocycles. The van der Waals surface area contributed by atoms with Crippen LogP contribution in [0.5, 0.6) is 11.5 Å². The highest BCUT2D eigenvalue weighted by molar-refractivity contribution is 6.04. The van der Waals surface area contributed by atoms with Gasteiger partial charge in [-0.05, 0) is 37.3 Å². The molecule has 23 heavy (non-hydrogen) atoms. The van der Waals surface area contributed by atoms with Gasteiger partial charge in [-0.2, -0.15) is 0 Å². The third-order valence-electron chi connectivity index (χ3n) is 3.96. The van der Waals surface area contributed by atoms with Crippen molar-refractivity contribution >= 4 is 11.7 Å². The van der Waals surface area contributed by atoms with E-state index >= 15 is 0 Å². The molecule has 1 aliphatic heterocycles. The molecule has 0 saturated carbocycles. The maximum Gasteiger partial charge on any atom is 0.254 e. The summed E-state index contributed by atoms with van der Waals surface area (Å²) in [6.45, 7) is 1.88. The summed E-state index contributed by atoms with van der Waals surface area (Å²) in [7, 11) is 1.63. The molecule has 0 bridgehead atoms. The van der Waals surface area contributed by atoms with Gasteiger partial charge in [-0.1, -0.05) is 18.2 Å². The molecule has 118 valence electrons. The minimum atomic E-state index is -0.580. The van der Waals surface area contributed by atoms with Gasteiger partial charge in [0.25, 0.3) is 5.91 Å². The number of ketones is 1.